The summed E-state index contributed by atoms with van der Waals surface area (Å²) in [5.41, 5.74) is 1.66. The molecular weight excluding hydrogens is 467 g/mol. The predicted octanol–water partition coefficient (Wildman–Crippen LogP) is 3.46. The Morgan fingerprint density at radius 1 is 1.21 bits per heavy atom. The lowest BCUT2D eigenvalue weighted by molar-refractivity contribution is 0.0277. The molecule has 0 radical (unpaired) electrons. The summed E-state index contributed by atoms with van der Waals surface area (Å²) in [6.07, 6.45) is 7.83. The van der Waals surface area contributed by atoms with Gasteiger partial charge in [-0.15, -0.1) is 24.0 Å². The topological polar surface area (TPSA) is 74.8 Å². The molecule has 6 nitrogen and oxygen atoms in total. The average molecular weight is 502 g/mol. The van der Waals surface area contributed by atoms with Crippen molar-refractivity contribution in [2.75, 3.05) is 26.7 Å². The summed E-state index contributed by atoms with van der Waals surface area (Å²) in [6, 6.07) is 7.56. The Kier molecular flexibility index (Phi) is 12.9. The van der Waals surface area contributed by atoms with E-state index in [4.69, 9.17) is 4.74 Å². The van der Waals surface area contributed by atoms with Gasteiger partial charge < -0.3 is 20.7 Å². The Morgan fingerprint density at radius 2 is 2.00 bits per heavy atom. The first-order valence-electron chi connectivity index (χ1n) is 10.2. The van der Waals surface area contributed by atoms with Gasteiger partial charge in [0.25, 0.3) is 5.91 Å². The molecule has 1 fully saturated rings. The van der Waals surface area contributed by atoms with Crippen molar-refractivity contribution in [3.05, 3.63) is 35.4 Å². The minimum atomic E-state index is -0.0798. The van der Waals surface area contributed by atoms with Crippen LogP contribution in [0.1, 0.15) is 61.4 Å². The summed E-state index contributed by atoms with van der Waals surface area (Å²) in [5, 5.41) is 9.26. The number of amides is 1. The lowest BCUT2D eigenvalue weighted by Gasteiger charge is -2.22. The fourth-order valence-electron chi connectivity index (χ4n) is 3.23. The molecular formula is C21H35IN4O2. The van der Waals surface area contributed by atoms with Crippen LogP contribution in [-0.2, 0) is 11.3 Å². The normalized spacial score (nSPS) is 14.9. The second-order valence-corrected chi connectivity index (χ2v) is 6.89. The molecule has 158 valence electrons. The van der Waals surface area contributed by atoms with Crippen LogP contribution in [0.3, 0.4) is 0 Å². The van der Waals surface area contributed by atoms with Crippen LogP contribution < -0.4 is 16.0 Å². The van der Waals surface area contributed by atoms with E-state index in [9.17, 15) is 4.79 Å². The average Bonchev–Trinajstić information content (AvgIpc) is 2.72. The number of hydrogen-bond donors (Lipinski definition) is 3. The molecule has 1 aromatic rings. The van der Waals surface area contributed by atoms with Crippen molar-refractivity contribution < 1.29 is 9.53 Å². The SMILES string of the molecule is CCNC(=NCc1cccc(C(=O)NC)c1)NCCCOC1CCCCC1.I. The number of benzene rings is 1. The number of hydrogen-bond acceptors (Lipinski definition) is 3. The molecule has 0 unspecified atom stereocenters. The number of rotatable bonds is 9. The van der Waals surface area contributed by atoms with Crippen LogP contribution in [0.5, 0.6) is 0 Å². The second-order valence-electron chi connectivity index (χ2n) is 6.89. The molecule has 2 rings (SSSR count). The molecule has 0 saturated heterocycles. The summed E-state index contributed by atoms with van der Waals surface area (Å²) < 4.78 is 5.96. The first-order chi connectivity index (χ1) is 13.2. The molecule has 3 N–H and O–H groups in total. The number of aliphatic imine (C=N–C) groups is 1. The monoisotopic (exact) mass is 502 g/mol. The van der Waals surface area contributed by atoms with Crippen LogP contribution in [0.2, 0.25) is 0 Å². The fraction of sp³-hybridized carbons (Fsp3) is 0.619. The van der Waals surface area contributed by atoms with Gasteiger partial charge in [0.05, 0.1) is 12.6 Å². The maximum absolute atomic E-state index is 11.7. The van der Waals surface area contributed by atoms with E-state index in [1.54, 1.807) is 7.05 Å². The maximum Gasteiger partial charge on any atom is 0.251 e. The third kappa shape index (κ3) is 9.23. The molecule has 0 aliphatic heterocycles. The Morgan fingerprint density at radius 3 is 2.71 bits per heavy atom. The van der Waals surface area contributed by atoms with E-state index >= 15 is 0 Å². The van der Waals surface area contributed by atoms with Crippen LogP contribution in [-0.4, -0.2) is 44.7 Å². The van der Waals surface area contributed by atoms with Gasteiger partial charge in [-0.3, -0.25) is 4.79 Å². The summed E-state index contributed by atoms with van der Waals surface area (Å²) in [6.45, 7) is 5.01. The second kappa shape index (κ2) is 14.6. The summed E-state index contributed by atoms with van der Waals surface area (Å²) >= 11 is 0. The molecule has 1 aliphatic rings. The lowest BCUT2D eigenvalue weighted by Crippen LogP contribution is -2.38. The third-order valence-electron chi connectivity index (χ3n) is 4.70. The summed E-state index contributed by atoms with van der Waals surface area (Å²) in [7, 11) is 1.64. The number of carbonyl (C=O) groups excluding carboxylic acids is 1. The molecule has 0 heterocycles. The first-order valence-corrected chi connectivity index (χ1v) is 10.2. The molecule has 1 saturated carbocycles. The fourth-order valence-corrected chi connectivity index (χ4v) is 3.23. The van der Waals surface area contributed by atoms with Crippen LogP contribution in [0.4, 0.5) is 0 Å². The van der Waals surface area contributed by atoms with Crippen molar-refractivity contribution in [2.45, 2.75) is 58.1 Å². The van der Waals surface area contributed by atoms with E-state index in [0.717, 1.165) is 37.6 Å². The van der Waals surface area contributed by atoms with Gasteiger partial charge in [-0.25, -0.2) is 4.99 Å². The molecule has 0 atom stereocenters. The predicted molar refractivity (Wildman–Crippen MR) is 126 cm³/mol. The number of carbonyl (C=O) groups is 1. The van der Waals surface area contributed by atoms with E-state index in [-0.39, 0.29) is 29.9 Å². The zero-order valence-electron chi connectivity index (χ0n) is 17.1. The van der Waals surface area contributed by atoms with Crippen molar-refractivity contribution in [1.82, 2.24) is 16.0 Å². The van der Waals surface area contributed by atoms with Gasteiger partial charge in [-0.2, -0.15) is 0 Å². The molecule has 7 heteroatoms. The minimum absolute atomic E-state index is 0. The van der Waals surface area contributed by atoms with Crippen molar-refractivity contribution in [1.29, 1.82) is 0 Å². The highest BCUT2D eigenvalue weighted by Crippen LogP contribution is 2.20. The molecule has 28 heavy (non-hydrogen) atoms. The van der Waals surface area contributed by atoms with Gasteiger partial charge in [0, 0.05) is 32.3 Å². The Labute approximate surface area is 186 Å². The van der Waals surface area contributed by atoms with E-state index in [0.29, 0.717) is 18.2 Å². The van der Waals surface area contributed by atoms with Crippen molar-refractivity contribution >= 4 is 35.8 Å². The van der Waals surface area contributed by atoms with Gasteiger partial charge in [-0.1, -0.05) is 31.4 Å². The van der Waals surface area contributed by atoms with E-state index < -0.39 is 0 Å². The smallest absolute Gasteiger partial charge is 0.251 e. The van der Waals surface area contributed by atoms with Crippen LogP contribution in [0, 0.1) is 0 Å². The summed E-state index contributed by atoms with van der Waals surface area (Å²) in [4.78, 5) is 16.4. The van der Waals surface area contributed by atoms with Crippen LogP contribution in [0.15, 0.2) is 29.3 Å². The third-order valence-corrected chi connectivity index (χ3v) is 4.70. The highest BCUT2D eigenvalue weighted by molar-refractivity contribution is 14.0. The van der Waals surface area contributed by atoms with Crippen LogP contribution >= 0.6 is 24.0 Å². The number of halogens is 1. The van der Waals surface area contributed by atoms with E-state index in [1.165, 1.54) is 32.1 Å². The standard InChI is InChI=1S/C21H34N4O2.HI/c1-3-23-21(24-13-8-14-27-19-11-5-4-6-12-19)25-16-17-9-7-10-18(15-17)20(26)22-2;/h7,9-10,15,19H,3-6,8,11-14,16H2,1-2H3,(H,22,26)(H2,23,24,25);1H. The number of nitrogens with one attached hydrogen (secondary N) is 3. The summed E-state index contributed by atoms with van der Waals surface area (Å²) in [5.74, 6) is 0.712. The van der Waals surface area contributed by atoms with Crippen molar-refractivity contribution in [2.24, 2.45) is 4.99 Å². The van der Waals surface area contributed by atoms with Gasteiger partial charge >= 0.3 is 0 Å². The van der Waals surface area contributed by atoms with Gasteiger partial charge in [-0.05, 0) is 43.9 Å². The van der Waals surface area contributed by atoms with Crippen molar-refractivity contribution in [3.8, 4) is 0 Å². The van der Waals surface area contributed by atoms with Gasteiger partial charge in [0.1, 0.15) is 0 Å². The quantitative estimate of drug-likeness (QED) is 0.209. The Hall–Kier alpha value is -1.35. The first kappa shape index (κ1) is 24.7. The molecule has 1 amide bonds. The van der Waals surface area contributed by atoms with E-state index in [1.807, 2.05) is 24.3 Å². The maximum atomic E-state index is 11.7. The van der Waals surface area contributed by atoms with Crippen molar-refractivity contribution in [3.63, 3.8) is 0 Å². The number of ether oxygens (including phenoxy) is 1. The number of nitrogens with zero attached hydrogens (tertiary/aromatic N) is 1. The highest BCUT2D eigenvalue weighted by Gasteiger charge is 2.13. The molecule has 0 spiro atoms. The largest absolute Gasteiger partial charge is 0.378 e. The zero-order chi connectivity index (χ0) is 19.3. The highest BCUT2D eigenvalue weighted by atomic mass is 127. The Balaban J connectivity index is 0.00000392. The van der Waals surface area contributed by atoms with E-state index in [2.05, 4.69) is 27.9 Å². The zero-order valence-corrected chi connectivity index (χ0v) is 19.5. The molecule has 0 bridgehead atoms. The van der Waals surface area contributed by atoms with Gasteiger partial charge in [0.2, 0.25) is 0 Å². The van der Waals surface area contributed by atoms with Crippen LogP contribution in [0.25, 0.3) is 0 Å². The Bertz CT molecular complexity index is 604. The lowest BCUT2D eigenvalue weighted by atomic mass is 9.98. The molecule has 1 aromatic carbocycles. The minimum Gasteiger partial charge on any atom is -0.378 e. The molecule has 0 aromatic heterocycles. The molecule has 1 aliphatic carbocycles. The number of guanidine groups is 1. The van der Waals surface area contributed by atoms with Gasteiger partial charge in [0.15, 0.2) is 5.96 Å².